The SMILES string of the molecule is CCCc1nc2c(N)nc3ccccc3c2s1.O=C(O)c1cc2ccccc2cc1[O-]. The molecular formula is C24H20N3O3S-. The second kappa shape index (κ2) is 8.57. The number of thiazole rings is 1. The van der Waals surface area contributed by atoms with Gasteiger partial charge in [0.1, 0.15) is 5.52 Å². The van der Waals surface area contributed by atoms with Gasteiger partial charge in [-0.25, -0.2) is 14.8 Å². The first-order valence-corrected chi connectivity index (χ1v) is 10.7. The Bertz CT molecular complexity index is 1410. The average molecular weight is 431 g/mol. The van der Waals surface area contributed by atoms with Gasteiger partial charge < -0.3 is 15.9 Å². The second-order valence-corrected chi connectivity index (χ2v) is 8.13. The average Bonchev–Trinajstić information content (AvgIpc) is 3.19. The topological polar surface area (TPSA) is 112 Å². The zero-order chi connectivity index (χ0) is 22.0. The highest BCUT2D eigenvalue weighted by molar-refractivity contribution is 7.19. The molecule has 6 nitrogen and oxygen atoms in total. The highest BCUT2D eigenvalue weighted by atomic mass is 32.1. The second-order valence-electron chi connectivity index (χ2n) is 7.05. The maximum absolute atomic E-state index is 11.3. The number of aryl methyl sites for hydroxylation is 1. The number of nitrogens with two attached hydrogens (primary N) is 1. The number of nitrogen functional groups attached to an aromatic ring is 1. The van der Waals surface area contributed by atoms with Gasteiger partial charge in [-0.2, -0.15) is 0 Å². The van der Waals surface area contributed by atoms with Crippen molar-refractivity contribution in [2.75, 3.05) is 5.73 Å². The Labute approximate surface area is 182 Å². The van der Waals surface area contributed by atoms with Gasteiger partial charge in [0.05, 0.1) is 20.8 Å². The molecule has 0 radical (unpaired) electrons. The fraction of sp³-hybridized carbons (Fsp3) is 0.125. The molecule has 0 atom stereocenters. The third-order valence-corrected chi connectivity index (χ3v) is 5.99. The van der Waals surface area contributed by atoms with Gasteiger partial charge in [-0.15, -0.1) is 11.3 Å². The summed E-state index contributed by atoms with van der Waals surface area (Å²) in [5, 5.41) is 23.8. The number of aromatic nitrogens is 2. The summed E-state index contributed by atoms with van der Waals surface area (Å²) in [6, 6.07) is 18.0. The Balaban J connectivity index is 0.000000152. The first kappa shape index (κ1) is 20.6. The molecule has 0 fully saturated rings. The molecular weight excluding hydrogens is 410 g/mol. The lowest BCUT2D eigenvalue weighted by Gasteiger charge is -2.11. The van der Waals surface area contributed by atoms with Gasteiger partial charge in [0.25, 0.3) is 0 Å². The molecule has 0 aliphatic carbocycles. The number of rotatable bonds is 3. The predicted molar refractivity (Wildman–Crippen MR) is 124 cm³/mol. The van der Waals surface area contributed by atoms with Crippen molar-refractivity contribution in [3.8, 4) is 5.75 Å². The Morgan fingerprint density at radius 2 is 1.74 bits per heavy atom. The van der Waals surface area contributed by atoms with Crippen molar-refractivity contribution >= 4 is 55.0 Å². The van der Waals surface area contributed by atoms with E-state index in [1.165, 1.54) is 12.1 Å². The highest BCUT2D eigenvalue weighted by Gasteiger charge is 2.11. The molecule has 0 amide bonds. The molecule has 5 rings (SSSR count). The summed E-state index contributed by atoms with van der Waals surface area (Å²) in [6.45, 7) is 2.16. The van der Waals surface area contributed by atoms with Gasteiger partial charge in [0.2, 0.25) is 0 Å². The van der Waals surface area contributed by atoms with E-state index >= 15 is 0 Å². The number of nitrogens with zero attached hydrogens (tertiary/aromatic N) is 2. The Hall–Kier alpha value is -3.71. The maximum Gasteiger partial charge on any atom is 0.335 e. The van der Waals surface area contributed by atoms with Crippen molar-refractivity contribution in [1.29, 1.82) is 0 Å². The third kappa shape index (κ3) is 4.13. The van der Waals surface area contributed by atoms with Crippen LogP contribution in [0.3, 0.4) is 0 Å². The molecule has 0 saturated carbocycles. The quantitative estimate of drug-likeness (QED) is 0.417. The van der Waals surface area contributed by atoms with Crippen LogP contribution in [0.25, 0.3) is 31.9 Å². The summed E-state index contributed by atoms with van der Waals surface area (Å²) in [5.41, 5.74) is 7.59. The largest absolute Gasteiger partial charge is 0.872 e. The number of hydrogen-bond acceptors (Lipinski definition) is 6. The Kier molecular flexibility index (Phi) is 5.68. The monoisotopic (exact) mass is 430 g/mol. The maximum atomic E-state index is 11.3. The van der Waals surface area contributed by atoms with E-state index in [4.69, 9.17) is 10.8 Å². The van der Waals surface area contributed by atoms with E-state index in [-0.39, 0.29) is 5.56 Å². The van der Waals surface area contributed by atoms with Crippen molar-refractivity contribution in [2.45, 2.75) is 19.8 Å². The summed E-state index contributed by atoms with van der Waals surface area (Å²) in [7, 11) is 0. The van der Waals surface area contributed by atoms with Gasteiger partial charge in [0.15, 0.2) is 5.82 Å². The van der Waals surface area contributed by atoms with Gasteiger partial charge in [-0.3, -0.25) is 0 Å². The van der Waals surface area contributed by atoms with Crippen LogP contribution in [0.4, 0.5) is 5.82 Å². The summed E-state index contributed by atoms with van der Waals surface area (Å²) < 4.78 is 1.16. The third-order valence-electron chi connectivity index (χ3n) is 4.85. The molecule has 0 aliphatic heterocycles. The highest BCUT2D eigenvalue weighted by Crippen LogP contribution is 2.32. The molecule has 2 heterocycles. The van der Waals surface area contributed by atoms with Gasteiger partial charge in [0, 0.05) is 5.39 Å². The molecule has 7 heteroatoms. The van der Waals surface area contributed by atoms with Crippen molar-refractivity contribution < 1.29 is 15.0 Å². The van der Waals surface area contributed by atoms with E-state index in [9.17, 15) is 9.90 Å². The van der Waals surface area contributed by atoms with Crippen LogP contribution in [0, 0.1) is 0 Å². The van der Waals surface area contributed by atoms with E-state index in [1.807, 2.05) is 24.3 Å². The van der Waals surface area contributed by atoms with E-state index in [1.54, 1.807) is 29.5 Å². The van der Waals surface area contributed by atoms with Crippen LogP contribution in [0.1, 0.15) is 28.7 Å². The van der Waals surface area contributed by atoms with E-state index < -0.39 is 11.7 Å². The number of carbonyl (C=O) groups is 1. The first-order chi connectivity index (χ1) is 15.0. The summed E-state index contributed by atoms with van der Waals surface area (Å²) in [4.78, 5) is 19.6. The Morgan fingerprint density at radius 1 is 1.06 bits per heavy atom. The number of para-hydroxylation sites is 1. The number of fused-ring (bicyclic) bond motifs is 4. The fourth-order valence-corrected chi connectivity index (χ4v) is 4.58. The molecule has 156 valence electrons. The van der Waals surface area contributed by atoms with Crippen LogP contribution in [0.15, 0.2) is 60.7 Å². The molecule has 0 saturated heterocycles. The lowest BCUT2D eigenvalue weighted by atomic mass is 10.1. The normalized spacial score (nSPS) is 10.9. The Morgan fingerprint density at radius 3 is 2.45 bits per heavy atom. The van der Waals surface area contributed by atoms with Crippen molar-refractivity contribution in [3.63, 3.8) is 0 Å². The molecule has 0 aliphatic rings. The van der Waals surface area contributed by atoms with Crippen LogP contribution in [-0.4, -0.2) is 21.0 Å². The van der Waals surface area contributed by atoms with Gasteiger partial charge in [-0.1, -0.05) is 61.2 Å². The number of carboxylic acids is 1. The number of anilines is 1. The molecule has 5 aromatic rings. The van der Waals surface area contributed by atoms with Crippen LogP contribution in [0.5, 0.6) is 5.75 Å². The minimum Gasteiger partial charge on any atom is -0.872 e. The van der Waals surface area contributed by atoms with Crippen LogP contribution < -0.4 is 10.8 Å². The fourth-order valence-electron chi connectivity index (χ4n) is 3.37. The summed E-state index contributed by atoms with van der Waals surface area (Å²) >= 11 is 1.73. The van der Waals surface area contributed by atoms with Gasteiger partial charge >= 0.3 is 5.97 Å². The summed E-state index contributed by atoms with van der Waals surface area (Å²) in [5.74, 6) is -1.09. The molecule has 31 heavy (non-hydrogen) atoms. The van der Waals surface area contributed by atoms with Crippen LogP contribution in [-0.2, 0) is 6.42 Å². The number of carboxylic acid groups (broad SMARTS) is 1. The van der Waals surface area contributed by atoms with Crippen LogP contribution in [0.2, 0.25) is 0 Å². The zero-order valence-electron chi connectivity index (χ0n) is 16.8. The molecule has 2 aromatic heterocycles. The number of hydrogen-bond donors (Lipinski definition) is 2. The predicted octanol–water partition coefficient (Wildman–Crippen LogP) is 4.99. The van der Waals surface area contributed by atoms with Crippen molar-refractivity contribution in [3.05, 3.63) is 71.2 Å². The van der Waals surface area contributed by atoms with E-state index in [0.29, 0.717) is 5.82 Å². The minimum atomic E-state index is -1.18. The van der Waals surface area contributed by atoms with E-state index in [0.717, 1.165) is 49.7 Å². The molecule has 3 aromatic carbocycles. The molecule has 0 bridgehead atoms. The number of pyridine rings is 1. The number of aromatic carboxylic acids is 1. The van der Waals surface area contributed by atoms with Crippen LogP contribution >= 0.6 is 11.3 Å². The zero-order valence-corrected chi connectivity index (χ0v) is 17.6. The lowest BCUT2D eigenvalue weighted by molar-refractivity contribution is -0.268. The van der Waals surface area contributed by atoms with Crippen molar-refractivity contribution in [2.24, 2.45) is 0 Å². The standard InChI is InChI=1S/C13H13N3S.C11H8O3/c1-2-5-10-16-11-12(17-10)8-6-3-4-7-9(8)15-13(11)14;12-10-6-8-4-2-1-3-7(8)5-9(10)11(13)14/h3-4,6-7H,2,5H2,1H3,(H2,14,15);1-6,12H,(H,13,14)/p-1. The molecule has 0 spiro atoms. The lowest BCUT2D eigenvalue weighted by Crippen LogP contribution is -2.03. The van der Waals surface area contributed by atoms with Crippen molar-refractivity contribution in [1.82, 2.24) is 9.97 Å². The molecule has 3 N–H and O–H groups in total. The summed E-state index contributed by atoms with van der Waals surface area (Å²) in [6.07, 6.45) is 2.11. The number of benzene rings is 3. The minimum absolute atomic E-state index is 0.177. The molecule has 0 unspecified atom stereocenters. The first-order valence-electron chi connectivity index (χ1n) is 9.84. The van der Waals surface area contributed by atoms with Gasteiger partial charge in [-0.05, 0) is 35.7 Å². The smallest absolute Gasteiger partial charge is 0.335 e. The van der Waals surface area contributed by atoms with E-state index in [2.05, 4.69) is 23.0 Å².